The van der Waals surface area contributed by atoms with Crippen LogP contribution in [0, 0.1) is 5.92 Å². The summed E-state index contributed by atoms with van der Waals surface area (Å²) in [5, 5.41) is 4.30. The number of aryl methyl sites for hydroxylation is 1. The van der Waals surface area contributed by atoms with E-state index < -0.39 is 0 Å². The Labute approximate surface area is 89.9 Å². The van der Waals surface area contributed by atoms with Gasteiger partial charge in [-0.25, -0.2) is 4.68 Å². The van der Waals surface area contributed by atoms with Gasteiger partial charge in [0.15, 0.2) is 5.82 Å². The normalized spacial score (nSPS) is 31.8. The van der Waals surface area contributed by atoms with E-state index in [1.165, 1.54) is 6.42 Å². The summed E-state index contributed by atoms with van der Waals surface area (Å²) in [6, 6.07) is 0. The molecule has 1 saturated carbocycles. The maximum absolute atomic E-state index is 6.36. The summed E-state index contributed by atoms with van der Waals surface area (Å²) >= 11 is 0. The van der Waals surface area contributed by atoms with Crippen molar-refractivity contribution in [3.8, 4) is 0 Å². The van der Waals surface area contributed by atoms with Gasteiger partial charge in [0.25, 0.3) is 0 Å². The van der Waals surface area contributed by atoms with Crippen molar-refractivity contribution in [3.63, 3.8) is 0 Å². The molecule has 1 fully saturated rings. The van der Waals surface area contributed by atoms with Crippen LogP contribution in [0.5, 0.6) is 0 Å². The Morgan fingerprint density at radius 2 is 2.27 bits per heavy atom. The first kappa shape index (κ1) is 10.4. The van der Waals surface area contributed by atoms with Crippen LogP contribution in [0.1, 0.15) is 38.4 Å². The van der Waals surface area contributed by atoms with E-state index in [0.717, 1.165) is 19.3 Å². The summed E-state index contributed by atoms with van der Waals surface area (Å²) in [5.41, 5.74) is 11.7. The molecule has 0 bridgehead atoms. The fourth-order valence-electron chi connectivity index (χ4n) is 2.40. The molecule has 5 nitrogen and oxygen atoms in total. The van der Waals surface area contributed by atoms with E-state index in [1.54, 1.807) is 11.7 Å². The van der Waals surface area contributed by atoms with Crippen molar-refractivity contribution in [2.75, 3.05) is 5.73 Å². The van der Waals surface area contributed by atoms with E-state index in [9.17, 15) is 0 Å². The summed E-state index contributed by atoms with van der Waals surface area (Å²) in [5.74, 6) is 1.79. The zero-order chi connectivity index (χ0) is 11.1. The second-order valence-electron chi connectivity index (χ2n) is 4.77. The third-order valence-electron chi connectivity index (χ3n) is 3.27. The van der Waals surface area contributed by atoms with Crippen LogP contribution in [0.25, 0.3) is 0 Å². The maximum atomic E-state index is 6.36. The molecule has 1 aromatic rings. The molecule has 15 heavy (non-hydrogen) atoms. The Kier molecular flexibility index (Phi) is 2.42. The Balaban J connectivity index is 2.27. The van der Waals surface area contributed by atoms with Gasteiger partial charge in [-0.2, -0.15) is 10.1 Å². The molecule has 2 rings (SSSR count). The van der Waals surface area contributed by atoms with Crippen molar-refractivity contribution in [3.05, 3.63) is 5.82 Å². The highest BCUT2D eigenvalue weighted by Crippen LogP contribution is 2.36. The molecule has 0 aromatic carbocycles. The summed E-state index contributed by atoms with van der Waals surface area (Å²) in [6.07, 6.45) is 4.31. The minimum atomic E-state index is -0.368. The molecule has 1 aliphatic carbocycles. The molecule has 1 heterocycles. The standard InChI is InChI=1S/C10H19N5/c1-7-4-3-5-10(12,6-7)8-13-9(11)15(2)14-8/h7H,3-6,12H2,1-2H3,(H2,11,13,14). The summed E-state index contributed by atoms with van der Waals surface area (Å²) in [6.45, 7) is 2.23. The summed E-state index contributed by atoms with van der Waals surface area (Å²) in [4.78, 5) is 4.24. The van der Waals surface area contributed by atoms with Gasteiger partial charge in [0.1, 0.15) is 0 Å². The first-order valence-electron chi connectivity index (χ1n) is 5.47. The minimum absolute atomic E-state index is 0.368. The van der Waals surface area contributed by atoms with Crippen LogP contribution in [0.15, 0.2) is 0 Å². The Hall–Kier alpha value is -1.10. The van der Waals surface area contributed by atoms with Gasteiger partial charge < -0.3 is 11.5 Å². The van der Waals surface area contributed by atoms with Crippen LogP contribution in [0.4, 0.5) is 5.95 Å². The van der Waals surface area contributed by atoms with Crippen LogP contribution in [-0.4, -0.2) is 14.8 Å². The molecule has 1 aromatic heterocycles. The third kappa shape index (κ3) is 1.84. The van der Waals surface area contributed by atoms with E-state index >= 15 is 0 Å². The third-order valence-corrected chi connectivity index (χ3v) is 3.27. The van der Waals surface area contributed by atoms with Crippen LogP contribution in [0.2, 0.25) is 0 Å². The average Bonchev–Trinajstić information content (AvgIpc) is 2.47. The number of nitrogen functional groups attached to an aromatic ring is 1. The molecule has 0 saturated heterocycles. The highest BCUT2D eigenvalue weighted by molar-refractivity contribution is 5.19. The molecule has 0 amide bonds. The van der Waals surface area contributed by atoms with Gasteiger partial charge in [0, 0.05) is 7.05 Å². The lowest BCUT2D eigenvalue weighted by Gasteiger charge is -2.34. The molecule has 0 spiro atoms. The quantitative estimate of drug-likeness (QED) is 0.715. The molecule has 5 heteroatoms. The molecular weight excluding hydrogens is 190 g/mol. The highest BCUT2D eigenvalue weighted by atomic mass is 15.4. The largest absolute Gasteiger partial charge is 0.368 e. The summed E-state index contributed by atoms with van der Waals surface area (Å²) in [7, 11) is 1.79. The topological polar surface area (TPSA) is 82.7 Å². The van der Waals surface area contributed by atoms with Gasteiger partial charge >= 0.3 is 0 Å². The Morgan fingerprint density at radius 1 is 1.53 bits per heavy atom. The van der Waals surface area contributed by atoms with Crippen molar-refractivity contribution in [1.29, 1.82) is 0 Å². The number of hydrogen-bond acceptors (Lipinski definition) is 4. The number of aromatic nitrogens is 3. The number of nitrogens with zero attached hydrogens (tertiary/aromatic N) is 3. The monoisotopic (exact) mass is 209 g/mol. The predicted molar refractivity (Wildman–Crippen MR) is 58.9 cm³/mol. The predicted octanol–water partition coefficient (Wildman–Crippen LogP) is 0.761. The lowest BCUT2D eigenvalue weighted by Crippen LogP contribution is -2.42. The SMILES string of the molecule is CC1CCCC(N)(c2nc(N)n(C)n2)C1. The molecule has 2 unspecified atom stereocenters. The first-order valence-corrected chi connectivity index (χ1v) is 5.47. The van der Waals surface area contributed by atoms with E-state index in [1.807, 2.05) is 0 Å². The van der Waals surface area contributed by atoms with Crippen molar-refractivity contribution < 1.29 is 0 Å². The van der Waals surface area contributed by atoms with Crippen LogP contribution in [0.3, 0.4) is 0 Å². The fourth-order valence-corrected chi connectivity index (χ4v) is 2.40. The molecule has 2 atom stereocenters. The maximum Gasteiger partial charge on any atom is 0.218 e. The molecule has 0 radical (unpaired) electrons. The second-order valence-corrected chi connectivity index (χ2v) is 4.77. The van der Waals surface area contributed by atoms with Crippen molar-refractivity contribution in [1.82, 2.24) is 14.8 Å². The number of anilines is 1. The zero-order valence-electron chi connectivity index (χ0n) is 9.40. The Morgan fingerprint density at radius 3 is 2.80 bits per heavy atom. The minimum Gasteiger partial charge on any atom is -0.368 e. The van der Waals surface area contributed by atoms with Gasteiger partial charge in [-0.1, -0.05) is 19.8 Å². The molecule has 84 valence electrons. The van der Waals surface area contributed by atoms with E-state index in [0.29, 0.717) is 17.7 Å². The molecular formula is C10H19N5. The highest BCUT2D eigenvalue weighted by Gasteiger charge is 2.36. The number of hydrogen-bond donors (Lipinski definition) is 2. The zero-order valence-corrected chi connectivity index (χ0v) is 9.40. The lowest BCUT2D eigenvalue weighted by molar-refractivity contribution is 0.228. The average molecular weight is 209 g/mol. The van der Waals surface area contributed by atoms with Crippen molar-refractivity contribution in [2.45, 2.75) is 38.1 Å². The Bertz CT molecular complexity index is 339. The first-order chi connectivity index (χ1) is 7.01. The molecule has 0 aliphatic heterocycles. The molecule has 1 aliphatic rings. The van der Waals surface area contributed by atoms with E-state index in [2.05, 4.69) is 17.0 Å². The van der Waals surface area contributed by atoms with Crippen LogP contribution < -0.4 is 11.5 Å². The fraction of sp³-hybridized carbons (Fsp3) is 0.800. The second kappa shape index (κ2) is 3.48. The van der Waals surface area contributed by atoms with Crippen molar-refractivity contribution in [2.24, 2.45) is 18.7 Å². The van der Waals surface area contributed by atoms with Gasteiger partial charge in [-0.3, -0.25) is 0 Å². The number of nitrogens with two attached hydrogens (primary N) is 2. The number of rotatable bonds is 1. The van der Waals surface area contributed by atoms with Crippen LogP contribution in [-0.2, 0) is 12.6 Å². The summed E-state index contributed by atoms with van der Waals surface area (Å²) < 4.78 is 1.59. The molecule has 4 N–H and O–H groups in total. The van der Waals surface area contributed by atoms with Gasteiger partial charge in [0.2, 0.25) is 5.95 Å². The van der Waals surface area contributed by atoms with Crippen molar-refractivity contribution >= 4 is 5.95 Å². The lowest BCUT2D eigenvalue weighted by atomic mass is 9.76. The van der Waals surface area contributed by atoms with Crippen LogP contribution >= 0.6 is 0 Å². The van der Waals surface area contributed by atoms with Gasteiger partial charge in [-0.15, -0.1) is 0 Å². The van der Waals surface area contributed by atoms with E-state index in [4.69, 9.17) is 11.5 Å². The van der Waals surface area contributed by atoms with E-state index in [-0.39, 0.29) is 5.54 Å². The smallest absolute Gasteiger partial charge is 0.218 e. The van der Waals surface area contributed by atoms with Gasteiger partial charge in [-0.05, 0) is 18.8 Å². The van der Waals surface area contributed by atoms with Gasteiger partial charge in [0.05, 0.1) is 5.54 Å².